The van der Waals surface area contributed by atoms with Crippen LogP contribution in [0.4, 0.5) is 22.7 Å². The van der Waals surface area contributed by atoms with E-state index in [1.54, 1.807) is 0 Å². The molecular formula is C36H36N12O2S2. The minimum absolute atomic E-state index is 0.108. The summed E-state index contributed by atoms with van der Waals surface area (Å²) in [6.45, 7) is 1.03. The van der Waals surface area contributed by atoms with E-state index in [4.69, 9.17) is 0 Å². The molecule has 0 radical (unpaired) electrons. The molecule has 1 fully saturated rings. The number of carbonyl (C=O) groups is 2. The first-order valence-corrected chi connectivity index (χ1v) is 17.7. The van der Waals surface area contributed by atoms with Gasteiger partial charge in [0, 0.05) is 60.8 Å². The quantitative estimate of drug-likeness (QED) is 0.111. The predicted octanol–water partition coefficient (Wildman–Crippen LogP) is 5.12. The third kappa shape index (κ3) is 8.08. The number of thiol groups is 2. The molecule has 0 spiro atoms. The molecule has 0 bridgehead atoms. The second-order valence-electron chi connectivity index (χ2n) is 12.2. The van der Waals surface area contributed by atoms with Gasteiger partial charge in [-0.05, 0) is 94.4 Å². The highest BCUT2D eigenvalue weighted by Gasteiger charge is 2.40. The number of nitrogens with one attached hydrogen (secondary N) is 2. The van der Waals surface area contributed by atoms with E-state index >= 15 is 0 Å². The van der Waals surface area contributed by atoms with Crippen LogP contribution in [-0.2, 0) is 9.59 Å². The van der Waals surface area contributed by atoms with Crippen molar-refractivity contribution in [3.05, 3.63) is 109 Å². The van der Waals surface area contributed by atoms with Crippen LogP contribution in [0.25, 0.3) is 11.4 Å². The Hall–Kier alpha value is -5.74. The Morgan fingerprint density at radius 1 is 0.615 bits per heavy atom. The Morgan fingerprint density at radius 3 is 1.40 bits per heavy atom. The van der Waals surface area contributed by atoms with Gasteiger partial charge in [-0.25, -0.2) is 0 Å². The molecule has 0 saturated heterocycles. The van der Waals surface area contributed by atoms with E-state index in [1.165, 1.54) is 9.36 Å². The number of hydrogen-bond acceptors (Lipinski definition) is 12. The maximum atomic E-state index is 13.3. The Labute approximate surface area is 311 Å². The zero-order valence-electron chi connectivity index (χ0n) is 28.0. The molecule has 2 atom stereocenters. The Kier molecular flexibility index (Phi) is 10.7. The summed E-state index contributed by atoms with van der Waals surface area (Å²) in [4.78, 5) is 31.3. The molecule has 52 heavy (non-hydrogen) atoms. The van der Waals surface area contributed by atoms with Crippen LogP contribution in [0.5, 0.6) is 0 Å². The smallest absolute Gasteiger partial charge is 0.226 e. The van der Waals surface area contributed by atoms with Gasteiger partial charge < -0.3 is 20.4 Å². The van der Waals surface area contributed by atoms with Crippen LogP contribution in [0.15, 0.2) is 120 Å². The van der Waals surface area contributed by atoms with E-state index in [-0.39, 0.29) is 36.7 Å². The molecule has 14 nitrogen and oxygen atoms in total. The van der Waals surface area contributed by atoms with Gasteiger partial charge in [0.05, 0.1) is 11.4 Å². The number of anilines is 4. The van der Waals surface area contributed by atoms with Gasteiger partial charge in [-0.15, -0.1) is 35.5 Å². The second kappa shape index (κ2) is 16.1. The molecule has 264 valence electrons. The zero-order valence-corrected chi connectivity index (χ0v) is 29.8. The lowest BCUT2D eigenvalue weighted by atomic mass is 9.82. The summed E-state index contributed by atoms with van der Waals surface area (Å²) in [6, 6.07) is 35.2. The molecule has 1 saturated carbocycles. The van der Waals surface area contributed by atoms with E-state index in [0.717, 1.165) is 24.2 Å². The molecule has 16 heteroatoms. The largest absolute Gasteiger partial charge is 0.366 e. The molecule has 0 aliphatic heterocycles. The number of nitrogens with zero attached hydrogens (tertiary/aromatic N) is 10. The van der Waals surface area contributed by atoms with E-state index in [2.05, 4.69) is 101 Å². The zero-order chi connectivity index (χ0) is 35.9. The first kappa shape index (κ1) is 34.7. The lowest BCUT2D eigenvalue weighted by molar-refractivity contribution is -0.116. The first-order chi connectivity index (χ1) is 25.4. The van der Waals surface area contributed by atoms with Crippen molar-refractivity contribution in [3.8, 4) is 11.4 Å². The minimum Gasteiger partial charge on any atom is -0.366 e. The molecule has 2 N–H and O–H groups in total. The molecule has 1 aliphatic carbocycles. The van der Waals surface area contributed by atoms with E-state index < -0.39 is 0 Å². The topological polar surface area (TPSA) is 152 Å². The summed E-state index contributed by atoms with van der Waals surface area (Å²) in [5, 5.41) is 29.6. The van der Waals surface area contributed by atoms with Gasteiger partial charge in [0.1, 0.15) is 0 Å². The monoisotopic (exact) mass is 732 g/mol. The summed E-state index contributed by atoms with van der Waals surface area (Å²) in [5.41, 5.74) is 4.75. The van der Waals surface area contributed by atoms with Crippen LogP contribution in [0.3, 0.4) is 0 Å². The van der Waals surface area contributed by atoms with Crippen molar-refractivity contribution in [3.63, 3.8) is 0 Å². The highest BCUT2D eigenvalue weighted by molar-refractivity contribution is 7.80. The molecule has 1 aliphatic rings. The van der Waals surface area contributed by atoms with Crippen LogP contribution < -0.4 is 20.4 Å². The third-order valence-corrected chi connectivity index (χ3v) is 9.55. The summed E-state index contributed by atoms with van der Waals surface area (Å²) in [6.07, 6.45) is 2.45. The van der Waals surface area contributed by atoms with Crippen LogP contribution in [0.1, 0.15) is 25.7 Å². The number of para-hydroxylation sites is 2. The van der Waals surface area contributed by atoms with Crippen molar-refractivity contribution in [2.24, 2.45) is 0 Å². The van der Waals surface area contributed by atoms with Crippen molar-refractivity contribution in [2.75, 3.05) is 33.5 Å². The van der Waals surface area contributed by atoms with Gasteiger partial charge in [0.2, 0.25) is 22.1 Å². The predicted molar refractivity (Wildman–Crippen MR) is 204 cm³/mol. The van der Waals surface area contributed by atoms with Crippen molar-refractivity contribution in [1.29, 1.82) is 0 Å². The highest BCUT2D eigenvalue weighted by Crippen LogP contribution is 2.36. The van der Waals surface area contributed by atoms with Crippen LogP contribution >= 0.6 is 25.3 Å². The number of aromatic nitrogens is 8. The number of hydrogen-bond donors (Lipinski definition) is 4. The highest BCUT2D eigenvalue weighted by atomic mass is 32.1. The molecular weight excluding hydrogens is 697 g/mol. The third-order valence-electron chi connectivity index (χ3n) is 8.99. The van der Waals surface area contributed by atoms with Crippen molar-refractivity contribution in [2.45, 2.75) is 48.1 Å². The lowest BCUT2D eigenvalue weighted by Gasteiger charge is -2.51. The second-order valence-corrected chi connectivity index (χ2v) is 13.0. The summed E-state index contributed by atoms with van der Waals surface area (Å²) in [7, 11) is 0. The maximum Gasteiger partial charge on any atom is 0.226 e. The molecule has 7 rings (SSSR count). The lowest BCUT2D eigenvalue weighted by Crippen LogP contribution is -2.59. The van der Waals surface area contributed by atoms with E-state index in [0.29, 0.717) is 46.2 Å². The van der Waals surface area contributed by atoms with E-state index in [9.17, 15) is 9.59 Å². The number of tetrazole rings is 2. The first-order valence-electron chi connectivity index (χ1n) is 16.8. The van der Waals surface area contributed by atoms with Crippen molar-refractivity contribution < 1.29 is 9.59 Å². The number of carbonyl (C=O) groups excluding carboxylic acids is 2. The van der Waals surface area contributed by atoms with Crippen LogP contribution in [0.2, 0.25) is 0 Å². The van der Waals surface area contributed by atoms with Crippen LogP contribution in [-0.4, -0.2) is 77.4 Å². The average Bonchev–Trinajstić information content (AvgIpc) is 3.79. The minimum atomic E-state index is -0.108. The maximum absolute atomic E-state index is 13.3. The molecule has 4 aromatic carbocycles. The summed E-state index contributed by atoms with van der Waals surface area (Å²) >= 11 is 8.59. The molecule has 2 amide bonds. The van der Waals surface area contributed by atoms with Gasteiger partial charge in [-0.3, -0.25) is 9.59 Å². The standard InChI is InChI=1S/C36H36N12O2S2/c49-33(37-25-9-7-15-29(23-25)47-35(51)39-41-43-47)19-21-45(27-11-3-1-4-12-27)31-17-18-32(31)46(28-13-5-2-6-14-28)22-20-34(50)38-26-10-8-16-30(24-26)48-36(52)40-42-44-48/h1-16,23-24,31-32H,17-22H2,(H,37,49)(H,38,50)(H,39,43,51)(H,40,44,52). The Bertz CT molecular complexity index is 1980. The summed E-state index contributed by atoms with van der Waals surface area (Å²) in [5.74, 6) is -0.216. The number of benzene rings is 4. The van der Waals surface area contributed by atoms with Gasteiger partial charge in [0.25, 0.3) is 0 Å². The van der Waals surface area contributed by atoms with Gasteiger partial charge in [0.15, 0.2) is 0 Å². The molecule has 2 aromatic heterocycles. The Morgan fingerprint density at radius 2 is 1.04 bits per heavy atom. The number of rotatable bonds is 14. The van der Waals surface area contributed by atoms with Gasteiger partial charge in [-0.1, -0.05) is 48.5 Å². The molecule has 6 aromatic rings. The normalized spacial score (nSPS) is 15.0. The van der Waals surface area contributed by atoms with Crippen molar-refractivity contribution in [1.82, 2.24) is 40.4 Å². The van der Waals surface area contributed by atoms with E-state index in [1.807, 2.05) is 84.9 Å². The van der Waals surface area contributed by atoms with Crippen LogP contribution in [0, 0.1) is 0 Å². The molecule has 2 heterocycles. The average molecular weight is 733 g/mol. The molecule has 2 unspecified atom stereocenters. The Balaban J connectivity index is 1.04. The fraction of sp³-hybridized carbons (Fsp3) is 0.222. The van der Waals surface area contributed by atoms with Gasteiger partial charge in [-0.2, -0.15) is 9.36 Å². The summed E-state index contributed by atoms with van der Waals surface area (Å²) < 4.78 is 2.98. The number of amides is 2. The van der Waals surface area contributed by atoms with Gasteiger partial charge >= 0.3 is 0 Å². The van der Waals surface area contributed by atoms with Crippen molar-refractivity contribution >= 4 is 59.8 Å². The SMILES string of the molecule is O=C(CCN(c1ccccc1)C1CCC1N(CCC(=O)Nc1cccc(-n2nnnc2S)c1)c1ccccc1)Nc1cccc(-n2nnnc2S)c1. The fourth-order valence-corrected chi connectivity index (χ4v) is 6.82. The fourth-order valence-electron chi connectivity index (χ4n) is 6.42.